The summed E-state index contributed by atoms with van der Waals surface area (Å²) in [5.41, 5.74) is 1.14. The number of nitrogens with zero attached hydrogens (tertiary/aromatic N) is 2. The smallest absolute Gasteiger partial charge is 0.113 e. The minimum Gasteiger partial charge on any atom is -0.372 e. The Kier molecular flexibility index (Phi) is 5.38. The van der Waals surface area contributed by atoms with Crippen molar-refractivity contribution in [3.05, 3.63) is 30.3 Å². The number of anilines is 1. The molecule has 0 aliphatic rings. The molecule has 0 aliphatic heterocycles. The SMILES string of the molecule is CCCNC(C#N)CN(C)c1ccccc1. The Morgan fingerprint density at radius 3 is 2.62 bits per heavy atom. The van der Waals surface area contributed by atoms with Crippen LogP contribution < -0.4 is 10.2 Å². The molecule has 0 spiro atoms. The maximum atomic E-state index is 9.01. The van der Waals surface area contributed by atoms with Crippen LogP contribution in [0.4, 0.5) is 5.69 Å². The molecule has 0 aliphatic carbocycles. The van der Waals surface area contributed by atoms with Crippen molar-refractivity contribution in [2.24, 2.45) is 0 Å². The Morgan fingerprint density at radius 1 is 1.38 bits per heavy atom. The molecule has 3 nitrogen and oxygen atoms in total. The van der Waals surface area contributed by atoms with Crippen LogP contribution in [0.25, 0.3) is 0 Å². The molecule has 0 radical (unpaired) electrons. The Labute approximate surface area is 97.7 Å². The molecule has 0 amide bonds. The van der Waals surface area contributed by atoms with E-state index in [4.69, 9.17) is 5.26 Å². The number of nitrogens with one attached hydrogen (secondary N) is 1. The molecule has 0 saturated carbocycles. The molecule has 1 aromatic carbocycles. The van der Waals surface area contributed by atoms with Gasteiger partial charge < -0.3 is 10.2 Å². The summed E-state index contributed by atoms with van der Waals surface area (Å²) in [6.45, 7) is 3.70. The molecule has 0 saturated heterocycles. The summed E-state index contributed by atoms with van der Waals surface area (Å²) in [5, 5.41) is 12.2. The van der Waals surface area contributed by atoms with E-state index in [2.05, 4.69) is 23.2 Å². The third-order valence-electron chi connectivity index (χ3n) is 2.45. The maximum absolute atomic E-state index is 9.01. The Bertz CT molecular complexity index is 329. The minimum atomic E-state index is -0.106. The first-order valence-corrected chi connectivity index (χ1v) is 5.67. The third kappa shape index (κ3) is 3.92. The fraction of sp³-hybridized carbons (Fsp3) is 0.462. The van der Waals surface area contributed by atoms with Gasteiger partial charge in [-0.3, -0.25) is 0 Å². The van der Waals surface area contributed by atoms with Crippen LogP contribution in [0.3, 0.4) is 0 Å². The monoisotopic (exact) mass is 217 g/mol. The quantitative estimate of drug-likeness (QED) is 0.792. The van der Waals surface area contributed by atoms with Gasteiger partial charge in [-0.2, -0.15) is 5.26 Å². The van der Waals surface area contributed by atoms with Crippen molar-refractivity contribution in [1.29, 1.82) is 5.26 Å². The van der Waals surface area contributed by atoms with Gasteiger partial charge in [0.25, 0.3) is 0 Å². The van der Waals surface area contributed by atoms with Crippen LogP contribution >= 0.6 is 0 Å². The molecule has 1 rings (SSSR count). The number of hydrogen-bond acceptors (Lipinski definition) is 3. The molecule has 86 valence electrons. The Hall–Kier alpha value is -1.53. The van der Waals surface area contributed by atoms with Gasteiger partial charge >= 0.3 is 0 Å². The highest BCUT2D eigenvalue weighted by atomic mass is 15.1. The molecule has 0 aromatic heterocycles. The topological polar surface area (TPSA) is 39.1 Å². The number of hydrogen-bond donors (Lipinski definition) is 1. The highest BCUT2D eigenvalue weighted by Crippen LogP contribution is 2.10. The van der Waals surface area contributed by atoms with E-state index in [-0.39, 0.29) is 6.04 Å². The zero-order chi connectivity index (χ0) is 11.8. The van der Waals surface area contributed by atoms with Crippen LogP contribution in [0.1, 0.15) is 13.3 Å². The van der Waals surface area contributed by atoms with E-state index in [1.807, 2.05) is 37.4 Å². The molecule has 16 heavy (non-hydrogen) atoms. The van der Waals surface area contributed by atoms with Gasteiger partial charge in [-0.25, -0.2) is 0 Å². The van der Waals surface area contributed by atoms with Crippen LogP contribution in [0.15, 0.2) is 30.3 Å². The molecule has 1 aromatic rings. The van der Waals surface area contributed by atoms with Gasteiger partial charge in [0.05, 0.1) is 6.07 Å². The lowest BCUT2D eigenvalue weighted by atomic mass is 10.2. The van der Waals surface area contributed by atoms with E-state index in [0.29, 0.717) is 6.54 Å². The van der Waals surface area contributed by atoms with Crippen molar-refractivity contribution in [3.8, 4) is 6.07 Å². The van der Waals surface area contributed by atoms with E-state index in [1.54, 1.807) is 0 Å². The zero-order valence-corrected chi connectivity index (χ0v) is 9.98. The number of benzene rings is 1. The van der Waals surface area contributed by atoms with Crippen LogP contribution in [0.2, 0.25) is 0 Å². The van der Waals surface area contributed by atoms with Crippen LogP contribution in [0.5, 0.6) is 0 Å². The molecular weight excluding hydrogens is 198 g/mol. The van der Waals surface area contributed by atoms with E-state index >= 15 is 0 Å². The van der Waals surface area contributed by atoms with Gasteiger partial charge in [0.2, 0.25) is 0 Å². The van der Waals surface area contributed by atoms with E-state index in [9.17, 15) is 0 Å². The van der Waals surface area contributed by atoms with E-state index < -0.39 is 0 Å². The highest BCUT2D eigenvalue weighted by molar-refractivity contribution is 5.45. The van der Waals surface area contributed by atoms with Gasteiger partial charge in [-0.1, -0.05) is 25.1 Å². The zero-order valence-electron chi connectivity index (χ0n) is 9.98. The van der Waals surface area contributed by atoms with Crippen molar-refractivity contribution in [2.75, 3.05) is 25.0 Å². The lowest BCUT2D eigenvalue weighted by Gasteiger charge is -2.22. The predicted molar refractivity (Wildman–Crippen MR) is 67.4 cm³/mol. The summed E-state index contributed by atoms with van der Waals surface area (Å²) in [4.78, 5) is 2.09. The van der Waals surface area contributed by atoms with E-state index in [0.717, 1.165) is 18.7 Å². The molecule has 0 bridgehead atoms. The first-order chi connectivity index (χ1) is 7.77. The number of likely N-dealkylation sites (N-methyl/N-ethyl adjacent to an activating group) is 1. The fourth-order valence-corrected chi connectivity index (χ4v) is 1.53. The maximum Gasteiger partial charge on any atom is 0.113 e. The number of rotatable bonds is 6. The Balaban J connectivity index is 2.50. The summed E-state index contributed by atoms with van der Waals surface area (Å²) in [6.07, 6.45) is 1.05. The molecular formula is C13H19N3. The summed E-state index contributed by atoms with van der Waals surface area (Å²) >= 11 is 0. The number of nitriles is 1. The first-order valence-electron chi connectivity index (χ1n) is 5.67. The minimum absolute atomic E-state index is 0.106. The second kappa shape index (κ2) is 6.86. The summed E-state index contributed by atoms with van der Waals surface area (Å²) in [5.74, 6) is 0. The standard InChI is InChI=1S/C13H19N3/c1-3-9-15-12(10-14)11-16(2)13-7-5-4-6-8-13/h4-8,12,15H,3,9,11H2,1-2H3. The summed E-state index contributed by atoms with van der Waals surface area (Å²) in [7, 11) is 2.01. The first kappa shape index (κ1) is 12.5. The van der Waals surface area contributed by atoms with Crippen LogP contribution in [0, 0.1) is 11.3 Å². The normalized spacial score (nSPS) is 11.8. The average molecular weight is 217 g/mol. The average Bonchev–Trinajstić information content (AvgIpc) is 2.35. The number of para-hydroxylation sites is 1. The van der Waals surface area contributed by atoms with Gasteiger partial charge in [0.1, 0.15) is 6.04 Å². The van der Waals surface area contributed by atoms with Crippen molar-refractivity contribution >= 4 is 5.69 Å². The second-order valence-electron chi connectivity index (χ2n) is 3.85. The molecule has 3 heteroatoms. The predicted octanol–water partition coefficient (Wildman–Crippen LogP) is 2.01. The molecule has 1 atom stereocenters. The van der Waals surface area contributed by atoms with Crippen molar-refractivity contribution in [1.82, 2.24) is 5.32 Å². The molecule has 0 fully saturated rings. The van der Waals surface area contributed by atoms with Crippen LogP contribution in [-0.4, -0.2) is 26.2 Å². The highest BCUT2D eigenvalue weighted by Gasteiger charge is 2.09. The molecule has 1 unspecified atom stereocenters. The van der Waals surface area contributed by atoms with Gasteiger partial charge in [0.15, 0.2) is 0 Å². The summed E-state index contributed by atoms with van der Waals surface area (Å²) < 4.78 is 0. The van der Waals surface area contributed by atoms with Crippen LogP contribution in [-0.2, 0) is 0 Å². The Morgan fingerprint density at radius 2 is 2.06 bits per heavy atom. The molecule has 1 N–H and O–H groups in total. The molecule has 0 heterocycles. The third-order valence-corrected chi connectivity index (χ3v) is 2.45. The van der Waals surface area contributed by atoms with E-state index in [1.165, 1.54) is 0 Å². The second-order valence-corrected chi connectivity index (χ2v) is 3.85. The lowest BCUT2D eigenvalue weighted by Crippen LogP contribution is -2.38. The van der Waals surface area contributed by atoms with Gasteiger partial charge in [-0.15, -0.1) is 0 Å². The summed E-state index contributed by atoms with van der Waals surface area (Å²) in [6, 6.07) is 12.3. The van der Waals surface area contributed by atoms with Crippen molar-refractivity contribution < 1.29 is 0 Å². The largest absolute Gasteiger partial charge is 0.372 e. The van der Waals surface area contributed by atoms with Crippen molar-refractivity contribution in [2.45, 2.75) is 19.4 Å². The fourth-order valence-electron chi connectivity index (χ4n) is 1.53. The lowest BCUT2D eigenvalue weighted by molar-refractivity contribution is 0.591. The van der Waals surface area contributed by atoms with Gasteiger partial charge in [-0.05, 0) is 25.1 Å². The van der Waals surface area contributed by atoms with Crippen molar-refractivity contribution in [3.63, 3.8) is 0 Å². The van der Waals surface area contributed by atoms with Gasteiger partial charge in [0, 0.05) is 19.3 Å².